The SMILES string of the molecule is COCCCCn1cccc1C(=O)N(CC(C)C)[C@H]1C[C@@H](C(=O)N2CCOCC2)CN(C(=O)OC(C)(C)C)C1. The maximum Gasteiger partial charge on any atom is 0.410 e. The van der Waals surface area contributed by atoms with E-state index in [0.29, 0.717) is 58.1 Å². The zero-order valence-electron chi connectivity index (χ0n) is 24.7. The predicted molar refractivity (Wildman–Crippen MR) is 149 cm³/mol. The zero-order chi connectivity index (χ0) is 28.6. The Kier molecular flexibility index (Phi) is 11.2. The number of unbranched alkanes of at least 4 members (excludes halogenated alkanes) is 1. The topological polar surface area (TPSA) is 93.5 Å². The summed E-state index contributed by atoms with van der Waals surface area (Å²) in [4.78, 5) is 46.2. The van der Waals surface area contributed by atoms with E-state index in [4.69, 9.17) is 14.2 Å². The van der Waals surface area contributed by atoms with Gasteiger partial charge in [0.2, 0.25) is 5.91 Å². The number of likely N-dealkylation sites (tertiary alicyclic amines) is 1. The van der Waals surface area contributed by atoms with Crippen LogP contribution in [0.5, 0.6) is 0 Å². The Balaban J connectivity index is 1.87. The second kappa shape index (κ2) is 14.2. The van der Waals surface area contributed by atoms with Gasteiger partial charge in [-0.1, -0.05) is 13.8 Å². The molecule has 0 unspecified atom stereocenters. The van der Waals surface area contributed by atoms with Crippen LogP contribution in [0.3, 0.4) is 0 Å². The van der Waals surface area contributed by atoms with Gasteiger partial charge in [0, 0.05) is 59.2 Å². The number of hydrogen-bond acceptors (Lipinski definition) is 6. The van der Waals surface area contributed by atoms with E-state index < -0.39 is 17.6 Å². The van der Waals surface area contributed by atoms with Gasteiger partial charge < -0.3 is 33.5 Å². The summed E-state index contributed by atoms with van der Waals surface area (Å²) in [6.07, 6.45) is 3.80. The van der Waals surface area contributed by atoms with E-state index in [1.807, 2.05) is 53.5 Å². The van der Waals surface area contributed by atoms with Crippen molar-refractivity contribution in [3.05, 3.63) is 24.0 Å². The Morgan fingerprint density at radius 1 is 1.10 bits per heavy atom. The van der Waals surface area contributed by atoms with Gasteiger partial charge in [-0.05, 0) is 58.1 Å². The Morgan fingerprint density at radius 2 is 1.82 bits per heavy atom. The number of aromatic nitrogens is 1. The fourth-order valence-electron chi connectivity index (χ4n) is 5.26. The monoisotopic (exact) mass is 548 g/mol. The molecule has 39 heavy (non-hydrogen) atoms. The van der Waals surface area contributed by atoms with E-state index >= 15 is 0 Å². The number of amides is 3. The van der Waals surface area contributed by atoms with Gasteiger partial charge in [0.1, 0.15) is 11.3 Å². The van der Waals surface area contributed by atoms with E-state index in [1.165, 1.54) is 0 Å². The molecule has 220 valence electrons. The number of carbonyl (C=O) groups is 3. The highest BCUT2D eigenvalue weighted by atomic mass is 16.6. The Hall–Kier alpha value is -2.59. The quantitative estimate of drug-likeness (QED) is 0.416. The summed E-state index contributed by atoms with van der Waals surface area (Å²) in [6, 6.07) is 3.44. The summed E-state index contributed by atoms with van der Waals surface area (Å²) in [5, 5.41) is 0. The number of carbonyl (C=O) groups excluding carboxylic acids is 3. The molecule has 3 amide bonds. The van der Waals surface area contributed by atoms with Crippen molar-refractivity contribution in [1.82, 2.24) is 19.3 Å². The summed E-state index contributed by atoms with van der Waals surface area (Å²) in [5.41, 5.74) is -0.0383. The number of ether oxygens (including phenoxy) is 3. The van der Waals surface area contributed by atoms with Gasteiger partial charge in [-0.15, -0.1) is 0 Å². The summed E-state index contributed by atoms with van der Waals surface area (Å²) < 4.78 is 18.3. The molecule has 2 fully saturated rings. The van der Waals surface area contributed by atoms with Crippen molar-refractivity contribution in [2.24, 2.45) is 11.8 Å². The van der Waals surface area contributed by atoms with Crippen LogP contribution in [-0.4, -0.2) is 108 Å². The van der Waals surface area contributed by atoms with Crippen LogP contribution in [0.4, 0.5) is 4.79 Å². The predicted octanol–water partition coefficient (Wildman–Crippen LogP) is 3.50. The number of hydrogen-bond donors (Lipinski definition) is 0. The molecule has 3 heterocycles. The van der Waals surface area contributed by atoms with Crippen molar-refractivity contribution < 1.29 is 28.6 Å². The average molecular weight is 549 g/mol. The van der Waals surface area contributed by atoms with Gasteiger partial charge in [-0.25, -0.2) is 4.79 Å². The molecule has 1 aromatic heterocycles. The molecule has 2 aliphatic heterocycles. The molecule has 0 saturated carbocycles. The van der Waals surface area contributed by atoms with Crippen LogP contribution in [0, 0.1) is 11.8 Å². The van der Waals surface area contributed by atoms with Gasteiger partial charge in [-0.3, -0.25) is 9.59 Å². The first kappa shape index (κ1) is 30.9. The number of methoxy groups -OCH3 is 1. The van der Waals surface area contributed by atoms with Crippen LogP contribution in [0.25, 0.3) is 0 Å². The van der Waals surface area contributed by atoms with Crippen LogP contribution in [0.15, 0.2) is 18.3 Å². The van der Waals surface area contributed by atoms with Crippen LogP contribution < -0.4 is 0 Å². The highest BCUT2D eigenvalue weighted by molar-refractivity contribution is 5.93. The van der Waals surface area contributed by atoms with Crippen LogP contribution in [0.1, 0.15) is 64.4 Å². The van der Waals surface area contributed by atoms with Crippen molar-refractivity contribution in [2.75, 3.05) is 59.7 Å². The first-order valence-corrected chi connectivity index (χ1v) is 14.3. The van der Waals surface area contributed by atoms with Crippen molar-refractivity contribution >= 4 is 17.9 Å². The Labute approximate surface area is 233 Å². The first-order valence-electron chi connectivity index (χ1n) is 14.3. The van der Waals surface area contributed by atoms with E-state index in [2.05, 4.69) is 13.8 Å². The number of piperidine rings is 1. The molecule has 2 aliphatic rings. The maximum atomic E-state index is 14.1. The molecule has 10 nitrogen and oxygen atoms in total. The smallest absolute Gasteiger partial charge is 0.410 e. The highest BCUT2D eigenvalue weighted by Gasteiger charge is 2.41. The molecule has 10 heteroatoms. The third-order valence-corrected chi connectivity index (χ3v) is 7.06. The molecular weight excluding hydrogens is 500 g/mol. The van der Waals surface area contributed by atoms with E-state index in [9.17, 15) is 14.4 Å². The summed E-state index contributed by atoms with van der Waals surface area (Å²) in [5.74, 6) is -0.272. The number of rotatable bonds is 10. The standard InChI is InChI=1S/C29H48N4O6/c1-22(2)19-33(27(35)25-10-9-12-30(25)11-7-8-15-37-6)24-18-23(26(34)31-13-16-38-17-14-31)20-32(21-24)28(36)39-29(3,4)5/h9-10,12,22-24H,7-8,11,13-21H2,1-6H3/t23-,24+/m1/s1. The minimum atomic E-state index is -0.662. The number of morpholine rings is 1. The third kappa shape index (κ3) is 8.96. The van der Waals surface area contributed by atoms with Crippen LogP contribution in [0.2, 0.25) is 0 Å². The molecule has 2 atom stereocenters. The highest BCUT2D eigenvalue weighted by Crippen LogP contribution is 2.27. The first-order chi connectivity index (χ1) is 18.5. The molecule has 0 spiro atoms. The fourth-order valence-corrected chi connectivity index (χ4v) is 5.26. The van der Waals surface area contributed by atoms with Gasteiger partial charge in [0.15, 0.2) is 0 Å². The van der Waals surface area contributed by atoms with E-state index in [0.717, 1.165) is 19.4 Å². The second-order valence-electron chi connectivity index (χ2n) is 12.0. The molecule has 2 saturated heterocycles. The Morgan fingerprint density at radius 3 is 2.46 bits per heavy atom. The maximum absolute atomic E-state index is 14.1. The van der Waals surface area contributed by atoms with E-state index in [-0.39, 0.29) is 30.3 Å². The molecule has 0 N–H and O–H groups in total. The van der Waals surface area contributed by atoms with E-state index in [1.54, 1.807) is 12.0 Å². The number of nitrogens with zero attached hydrogens (tertiary/aromatic N) is 4. The molecule has 0 radical (unpaired) electrons. The lowest BCUT2D eigenvalue weighted by molar-refractivity contribution is -0.142. The summed E-state index contributed by atoms with van der Waals surface area (Å²) >= 11 is 0. The minimum absolute atomic E-state index is 0.00928. The largest absolute Gasteiger partial charge is 0.444 e. The molecular formula is C29H48N4O6. The lowest BCUT2D eigenvalue weighted by Crippen LogP contribution is -2.58. The van der Waals surface area contributed by atoms with Crippen LogP contribution in [-0.2, 0) is 25.5 Å². The van der Waals surface area contributed by atoms with Gasteiger partial charge in [0.25, 0.3) is 5.91 Å². The minimum Gasteiger partial charge on any atom is -0.444 e. The molecule has 1 aromatic rings. The third-order valence-electron chi connectivity index (χ3n) is 7.06. The van der Waals surface area contributed by atoms with Crippen molar-refractivity contribution in [3.63, 3.8) is 0 Å². The Bertz CT molecular complexity index is 950. The average Bonchev–Trinajstić information content (AvgIpc) is 3.36. The lowest BCUT2D eigenvalue weighted by Gasteiger charge is -2.44. The van der Waals surface area contributed by atoms with Gasteiger partial charge in [-0.2, -0.15) is 0 Å². The molecule has 0 bridgehead atoms. The number of aryl methyl sites for hydroxylation is 1. The van der Waals surface area contributed by atoms with Crippen molar-refractivity contribution in [1.29, 1.82) is 0 Å². The summed E-state index contributed by atoms with van der Waals surface area (Å²) in [6.45, 7) is 14.3. The van der Waals surface area contributed by atoms with Crippen LogP contribution >= 0.6 is 0 Å². The lowest BCUT2D eigenvalue weighted by atomic mass is 9.91. The van der Waals surface area contributed by atoms with Crippen molar-refractivity contribution in [3.8, 4) is 0 Å². The zero-order valence-corrected chi connectivity index (χ0v) is 24.7. The van der Waals surface area contributed by atoms with Gasteiger partial charge >= 0.3 is 6.09 Å². The molecule has 0 aliphatic carbocycles. The fraction of sp³-hybridized carbons (Fsp3) is 0.759. The summed E-state index contributed by atoms with van der Waals surface area (Å²) in [7, 11) is 1.69. The van der Waals surface area contributed by atoms with Gasteiger partial charge in [0.05, 0.1) is 25.2 Å². The second-order valence-corrected chi connectivity index (χ2v) is 12.0. The molecule has 3 rings (SSSR count). The normalized spacial score (nSPS) is 20.3. The van der Waals surface area contributed by atoms with Crippen molar-refractivity contribution in [2.45, 2.75) is 72.1 Å². The molecule has 0 aromatic carbocycles.